The first-order valence-electron chi connectivity index (χ1n) is 6.96. The number of carbonyl (C=O) groups excluding carboxylic acids is 1. The Hall–Kier alpha value is -1.31. The first-order chi connectivity index (χ1) is 8.58. The molecule has 2 atom stereocenters. The van der Waals surface area contributed by atoms with Gasteiger partial charge in [0.25, 0.3) is 5.91 Å². The molecule has 0 saturated heterocycles. The third-order valence-electron chi connectivity index (χ3n) is 4.05. The lowest BCUT2D eigenvalue weighted by molar-refractivity contribution is 0.0909. The molecule has 0 radical (unpaired) electrons. The third-order valence-corrected chi connectivity index (χ3v) is 4.05. The molecule has 1 aliphatic carbocycles. The Bertz CT molecular complexity index is 439. The summed E-state index contributed by atoms with van der Waals surface area (Å²) >= 11 is 0. The van der Waals surface area contributed by atoms with Crippen LogP contribution in [0.25, 0.3) is 0 Å². The Morgan fingerprint density at radius 1 is 1.22 bits per heavy atom. The van der Waals surface area contributed by atoms with E-state index in [1.54, 1.807) is 0 Å². The van der Waals surface area contributed by atoms with Crippen LogP contribution in [0.5, 0.6) is 0 Å². The van der Waals surface area contributed by atoms with Gasteiger partial charge in [-0.3, -0.25) is 4.79 Å². The van der Waals surface area contributed by atoms with E-state index in [2.05, 4.69) is 25.2 Å². The first-order valence-corrected chi connectivity index (χ1v) is 6.96. The zero-order valence-electron chi connectivity index (χ0n) is 11.6. The second kappa shape index (κ2) is 5.55. The van der Waals surface area contributed by atoms with E-state index >= 15 is 0 Å². The van der Waals surface area contributed by atoms with Crippen molar-refractivity contribution in [2.75, 3.05) is 0 Å². The molecule has 0 spiro atoms. The van der Waals surface area contributed by atoms with E-state index in [1.807, 2.05) is 19.1 Å². The lowest BCUT2D eigenvalue weighted by Crippen LogP contribution is -2.41. The SMILES string of the molecule is Cc1ccc(C(=O)N[C@@H]2CCCC[C@H]2C)c(C)c1. The first kappa shape index (κ1) is 13.1. The molecule has 1 aliphatic rings. The molecule has 2 heteroatoms. The summed E-state index contributed by atoms with van der Waals surface area (Å²) in [5.41, 5.74) is 3.09. The van der Waals surface area contributed by atoms with Crippen molar-refractivity contribution in [2.24, 2.45) is 5.92 Å². The van der Waals surface area contributed by atoms with Crippen molar-refractivity contribution in [3.05, 3.63) is 34.9 Å². The van der Waals surface area contributed by atoms with Crippen molar-refractivity contribution in [2.45, 2.75) is 52.5 Å². The summed E-state index contributed by atoms with van der Waals surface area (Å²) in [5, 5.41) is 3.21. The maximum Gasteiger partial charge on any atom is 0.251 e. The van der Waals surface area contributed by atoms with E-state index in [9.17, 15) is 4.79 Å². The second-order valence-corrected chi connectivity index (χ2v) is 5.66. The normalized spacial score (nSPS) is 23.7. The van der Waals surface area contributed by atoms with Crippen LogP contribution in [0.2, 0.25) is 0 Å². The van der Waals surface area contributed by atoms with Crippen molar-refractivity contribution >= 4 is 5.91 Å². The number of hydrogen-bond acceptors (Lipinski definition) is 1. The number of aryl methyl sites for hydroxylation is 2. The molecule has 1 N–H and O–H groups in total. The lowest BCUT2D eigenvalue weighted by atomic mass is 9.85. The molecule has 0 unspecified atom stereocenters. The molecule has 0 aliphatic heterocycles. The molecule has 18 heavy (non-hydrogen) atoms. The van der Waals surface area contributed by atoms with Crippen LogP contribution < -0.4 is 5.32 Å². The Morgan fingerprint density at radius 3 is 2.61 bits per heavy atom. The minimum absolute atomic E-state index is 0.0891. The summed E-state index contributed by atoms with van der Waals surface area (Å²) in [4.78, 5) is 12.3. The number of benzene rings is 1. The summed E-state index contributed by atoms with van der Waals surface area (Å²) in [6, 6.07) is 6.37. The maximum atomic E-state index is 12.3. The molecular weight excluding hydrogens is 222 g/mol. The highest BCUT2D eigenvalue weighted by atomic mass is 16.1. The predicted octanol–water partition coefficient (Wildman–Crippen LogP) is 3.61. The fraction of sp³-hybridized carbons (Fsp3) is 0.562. The maximum absolute atomic E-state index is 12.3. The van der Waals surface area contributed by atoms with Gasteiger partial charge in [0.05, 0.1) is 0 Å². The number of carbonyl (C=O) groups is 1. The van der Waals surface area contributed by atoms with E-state index in [0.717, 1.165) is 17.5 Å². The highest BCUT2D eigenvalue weighted by molar-refractivity contribution is 5.95. The van der Waals surface area contributed by atoms with Gasteiger partial charge in [-0.15, -0.1) is 0 Å². The molecule has 1 fully saturated rings. The van der Waals surface area contributed by atoms with Crippen LogP contribution in [0.1, 0.15) is 54.1 Å². The summed E-state index contributed by atoms with van der Waals surface area (Å²) in [7, 11) is 0. The molecule has 2 nitrogen and oxygen atoms in total. The van der Waals surface area contributed by atoms with Crippen LogP contribution in [-0.2, 0) is 0 Å². The molecule has 1 aromatic carbocycles. The van der Waals surface area contributed by atoms with Crippen molar-refractivity contribution in [1.29, 1.82) is 0 Å². The van der Waals surface area contributed by atoms with Gasteiger partial charge < -0.3 is 5.32 Å². The molecule has 1 saturated carbocycles. The highest BCUT2D eigenvalue weighted by Gasteiger charge is 2.23. The van der Waals surface area contributed by atoms with Gasteiger partial charge in [-0.25, -0.2) is 0 Å². The van der Waals surface area contributed by atoms with Crippen LogP contribution in [0.15, 0.2) is 18.2 Å². The molecular formula is C16H23NO. The number of rotatable bonds is 2. The zero-order chi connectivity index (χ0) is 13.1. The van der Waals surface area contributed by atoms with Gasteiger partial charge >= 0.3 is 0 Å². The Balaban J connectivity index is 2.07. The summed E-state index contributed by atoms with van der Waals surface area (Å²) in [6.45, 7) is 6.30. The minimum Gasteiger partial charge on any atom is -0.349 e. The van der Waals surface area contributed by atoms with E-state index < -0.39 is 0 Å². The van der Waals surface area contributed by atoms with Crippen LogP contribution in [0.3, 0.4) is 0 Å². The van der Waals surface area contributed by atoms with E-state index in [0.29, 0.717) is 12.0 Å². The third kappa shape index (κ3) is 2.92. The average Bonchev–Trinajstić information content (AvgIpc) is 2.32. The molecule has 1 amide bonds. The van der Waals surface area contributed by atoms with E-state index in [-0.39, 0.29) is 5.91 Å². The molecule has 0 heterocycles. The molecule has 98 valence electrons. The van der Waals surface area contributed by atoms with E-state index in [4.69, 9.17) is 0 Å². The van der Waals surface area contributed by atoms with Gasteiger partial charge in [0.2, 0.25) is 0 Å². The Morgan fingerprint density at radius 2 is 1.94 bits per heavy atom. The number of amides is 1. The summed E-state index contributed by atoms with van der Waals surface area (Å²) in [5.74, 6) is 0.694. The van der Waals surface area contributed by atoms with Gasteiger partial charge in [0, 0.05) is 11.6 Å². The molecule has 0 bridgehead atoms. The van der Waals surface area contributed by atoms with E-state index in [1.165, 1.54) is 24.8 Å². The van der Waals surface area contributed by atoms with Gasteiger partial charge in [-0.1, -0.05) is 37.5 Å². The summed E-state index contributed by atoms with van der Waals surface area (Å²) < 4.78 is 0. The van der Waals surface area contributed by atoms with Crippen LogP contribution in [0.4, 0.5) is 0 Å². The van der Waals surface area contributed by atoms with Gasteiger partial charge in [0.1, 0.15) is 0 Å². The largest absolute Gasteiger partial charge is 0.349 e. The highest BCUT2D eigenvalue weighted by Crippen LogP contribution is 2.24. The Kier molecular flexibility index (Phi) is 4.05. The van der Waals surface area contributed by atoms with Gasteiger partial charge in [0.15, 0.2) is 0 Å². The zero-order valence-corrected chi connectivity index (χ0v) is 11.6. The van der Waals surface area contributed by atoms with Crippen molar-refractivity contribution in [3.8, 4) is 0 Å². The van der Waals surface area contributed by atoms with Crippen molar-refractivity contribution in [3.63, 3.8) is 0 Å². The standard InChI is InChI=1S/C16H23NO/c1-11-8-9-14(13(3)10-11)16(18)17-15-7-5-4-6-12(15)2/h8-10,12,15H,4-7H2,1-3H3,(H,17,18)/t12-,15-/m1/s1. The van der Waals surface area contributed by atoms with Crippen LogP contribution in [0, 0.1) is 19.8 Å². The fourth-order valence-corrected chi connectivity index (χ4v) is 2.85. The number of hydrogen-bond donors (Lipinski definition) is 1. The van der Waals surface area contributed by atoms with Gasteiger partial charge in [-0.05, 0) is 44.2 Å². The lowest BCUT2D eigenvalue weighted by Gasteiger charge is -2.29. The predicted molar refractivity (Wildman–Crippen MR) is 74.8 cm³/mol. The molecule has 0 aromatic heterocycles. The second-order valence-electron chi connectivity index (χ2n) is 5.66. The van der Waals surface area contributed by atoms with Crippen LogP contribution >= 0.6 is 0 Å². The van der Waals surface area contributed by atoms with Gasteiger partial charge in [-0.2, -0.15) is 0 Å². The Labute approximate surface area is 110 Å². The van der Waals surface area contributed by atoms with Crippen LogP contribution in [-0.4, -0.2) is 11.9 Å². The quantitative estimate of drug-likeness (QED) is 0.847. The molecule has 2 rings (SSSR count). The smallest absolute Gasteiger partial charge is 0.251 e. The number of nitrogens with one attached hydrogen (secondary N) is 1. The van der Waals surface area contributed by atoms with Crippen molar-refractivity contribution < 1.29 is 4.79 Å². The minimum atomic E-state index is 0.0891. The fourth-order valence-electron chi connectivity index (χ4n) is 2.85. The monoisotopic (exact) mass is 245 g/mol. The molecule has 1 aromatic rings. The topological polar surface area (TPSA) is 29.1 Å². The van der Waals surface area contributed by atoms with Crippen molar-refractivity contribution in [1.82, 2.24) is 5.32 Å². The average molecular weight is 245 g/mol. The summed E-state index contributed by atoms with van der Waals surface area (Å²) in [6.07, 6.45) is 4.90.